The van der Waals surface area contributed by atoms with Crippen molar-refractivity contribution in [1.29, 1.82) is 0 Å². The largest absolute Gasteiger partial charge is 0.493 e. The van der Waals surface area contributed by atoms with Crippen molar-refractivity contribution in [3.8, 4) is 11.5 Å². The van der Waals surface area contributed by atoms with Crippen molar-refractivity contribution in [3.63, 3.8) is 0 Å². The van der Waals surface area contributed by atoms with Gasteiger partial charge >= 0.3 is 0 Å². The molecule has 0 spiro atoms. The lowest BCUT2D eigenvalue weighted by Crippen LogP contribution is -2.43. The predicted molar refractivity (Wildman–Crippen MR) is 136 cm³/mol. The molecule has 0 saturated heterocycles. The maximum Gasteiger partial charge on any atom is 0.240 e. The van der Waals surface area contributed by atoms with Gasteiger partial charge in [0.25, 0.3) is 0 Å². The molecule has 34 heavy (non-hydrogen) atoms. The van der Waals surface area contributed by atoms with Gasteiger partial charge < -0.3 is 14.8 Å². The highest BCUT2D eigenvalue weighted by Gasteiger charge is 2.39. The van der Waals surface area contributed by atoms with Crippen LogP contribution in [0.3, 0.4) is 0 Å². The minimum Gasteiger partial charge on any atom is -0.493 e. The lowest BCUT2D eigenvalue weighted by molar-refractivity contribution is -0.123. The number of amides is 2. The van der Waals surface area contributed by atoms with Crippen molar-refractivity contribution in [2.45, 2.75) is 45.3 Å². The first-order valence-electron chi connectivity index (χ1n) is 11.5. The highest BCUT2D eigenvalue weighted by Crippen LogP contribution is 2.48. The van der Waals surface area contributed by atoms with Crippen LogP contribution in [0.1, 0.15) is 56.7 Å². The third kappa shape index (κ3) is 5.35. The molecule has 0 fully saturated rings. The number of fused-ring (bicyclic) bond motifs is 1. The van der Waals surface area contributed by atoms with Gasteiger partial charge in [0.15, 0.2) is 11.5 Å². The van der Waals surface area contributed by atoms with Gasteiger partial charge in [-0.25, -0.2) is 0 Å². The van der Waals surface area contributed by atoms with E-state index in [1.54, 1.807) is 35.6 Å². The zero-order chi connectivity index (χ0) is 25.2. The monoisotopic (exact) mass is 488 g/mol. The number of rotatable bonds is 7. The van der Waals surface area contributed by atoms with Crippen LogP contribution in [-0.4, -0.2) is 54.7 Å². The molecule has 9 heteroatoms. The number of methoxy groups -OCH3 is 2. The highest BCUT2D eigenvalue weighted by atomic mass is 32.2. The van der Waals surface area contributed by atoms with Crippen LogP contribution in [0.25, 0.3) is 0 Å². The van der Waals surface area contributed by atoms with E-state index in [0.717, 1.165) is 16.8 Å². The normalized spacial score (nSPS) is 16.3. The molecule has 1 aromatic carbocycles. The van der Waals surface area contributed by atoms with E-state index in [4.69, 9.17) is 14.6 Å². The fraction of sp³-hybridized carbons (Fsp3) is 0.560. The standard InChI is InChI=1S/C25H36N4O4S/c1-15(2)12-26-19(30)13-29-20(31)14-34-22(16-9-10-17(32-7)18(11-16)33-8)21-23(25(3,4)5)27-28(6)24(21)29/h9-11,15,22H,12-14H2,1-8H3,(H,26,30). The van der Waals surface area contributed by atoms with E-state index < -0.39 is 0 Å². The van der Waals surface area contributed by atoms with Crippen LogP contribution in [0.2, 0.25) is 0 Å². The number of nitrogens with one attached hydrogen (secondary N) is 1. The molecule has 8 nitrogen and oxygen atoms in total. The number of anilines is 1. The van der Waals surface area contributed by atoms with Gasteiger partial charge in [-0.05, 0) is 23.6 Å². The molecule has 1 aromatic heterocycles. The van der Waals surface area contributed by atoms with Gasteiger partial charge in [-0.2, -0.15) is 5.10 Å². The van der Waals surface area contributed by atoms with Crippen molar-refractivity contribution >= 4 is 29.4 Å². The van der Waals surface area contributed by atoms with Crippen molar-refractivity contribution in [2.24, 2.45) is 13.0 Å². The molecule has 0 bridgehead atoms. The molecule has 2 amide bonds. The van der Waals surface area contributed by atoms with Crippen LogP contribution < -0.4 is 19.7 Å². The zero-order valence-corrected chi connectivity index (χ0v) is 22.2. The van der Waals surface area contributed by atoms with Crippen LogP contribution in [0.5, 0.6) is 11.5 Å². The Hall–Kier alpha value is -2.68. The Kier molecular flexibility index (Phi) is 7.85. The fourth-order valence-corrected chi connectivity index (χ4v) is 5.23. The van der Waals surface area contributed by atoms with E-state index >= 15 is 0 Å². The van der Waals surface area contributed by atoms with Crippen molar-refractivity contribution < 1.29 is 19.1 Å². The zero-order valence-electron chi connectivity index (χ0n) is 21.4. The number of nitrogens with zero attached hydrogens (tertiary/aromatic N) is 3. The average molecular weight is 489 g/mol. The van der Waals surface area contributed by atoms with Crippen LogP contribution in [-0.2, 0) is 22.1 Å². The Balaban J connectivity index is 2.14. The van der Waals surface area contributed by atoms with Gasteiger partial charge in [0.1, 0.15) is 12.4 Å². The predicted octanol–water partition coefficient (Wildman–Crippen LogP) is 3.68. The third-order valence-corrected chi connectivity index (χ3v) is 6.93. The molecule has 0 aliphatic carbocycles. The van der Waals surface area contributed by atoms with Crippen molar-refractivity contribution in [1.82, 2.24) is 15.1 Å². The average Bonchev–Trinajstić information content (AvgIpc) is 3.05. The Morgan fingerprint density at radius 2 is 1.91 bits per heavy atom. The lowest BCUT2D eigenvalue weighted by Gasteiger charge is -2.24. The van der Waals surface area contributed by atoms with Gasteiger partial charge in [-0.15, -0.1) is 11.8 Å². The molecule has 0 radical (unpaired) electrons. The summed E-state index contributed by atoms with van der Waals surface area (Å²) < 4.78 is 12.7. The molecule has 1 N–H and O–H groups in total. The maximum absolute atomic E-state index is 13.3. The van der Waals surface area contributed by atoms with Crippen LogP contribution in [0.4, 0.5) is 5.82 Å². The number of hydrogen-bond donors (Lipinski definition) is 1. The SMILES string of the molecule is COc1ccc(C2SCC(=O)N(CC(=O)NCC(C)C)c3c2c(C(C)(C)C)nn3C)cc1OC. The summed E-state index contributed by atoms with van der Waals surface area (Å²) in [7, 11) is 5.05. The topological polar surface area (TPSA) is 85.7 Å². The highest BCUT2D eigenvalue weighted by molar-refractivity contribution is 8.00. The number of ether oxygens (including phenoxy) is 2. The number of benzene rings is 1. The van der Waals surface area contributed by atoms with Crippen molar-refractivity contribution in [2.75, 3.05) is 38.0 Å². The number of carbonyl (C=O) groups is 2. The molecule has 186 valence electrons. The van der Waals surface area contributed by atoms with E-state index in [2.05, 4.69) is 26.1 Å². The maximum atomic E-state index is 13.3. The van der Waals surface area contributed by atoms with E-state index in [0.29, 0.717) is 29.8 Å². The van der Waals surface area contributed by atoms with Gasteiger partial charge in [-0.1, -0.05) is 40.7 Å². The molecule has 1 aliphatic rings. The number of aryl methyl sites for hydroxylation is 1. The summed E-state index contributed by atoms with van der Waals surface area (Å²) in [4.78, 5) is 27.6. The molecular formula is C25H36N4O4S. The second-order valence-electron chi connectivity index (χ2n) is 9.94. The Morgan fingerprint density at radius 3 is 2.50 bits per heavy atom. The summed E-state index contributed by atoms with van der Waals surface area (Å²) in [5.41, 5.74) is 2.58. The van der Waals surface area contributed by atoms with Gasteiger partial charge in [-0.3, -0.25) is 19.2 Å². The summed E-state index contributed by atoms with van der Waals surface area (Å²) in [6, 6.07) is 5.83. The third-order valence-electron chi connectivity index (χ3n) is 5.67. The van der Waals surface area contributed by atoms with Crippen LogP contribution in [0.15, 0.2) is 18.2 Å². The van der Waals surface area contributed by atoms with E-state index in [1.807, 2.05) is 39.1 Å². The first kappa shape index (κ1) is 25.9. The second-order valence-corrected chi connectivity index (χ2v) is 11.0. The molecule has 1 aliphatic heterocycles. The first-order chi connectivity index (χ1) is 16.0. The minimum absolute atomic E-state index is 0.0408. The van der Waals surface area contributed by atoms with Crippen LogP contribution in [0, 0.1) is 5.92 Å². The Labute approximate surface area is 206 Å². The summed E-state index contributed by atoms with van der Waals surface area (Å²) >= 11 is 1.54. The van der Waals surface area contributed by atoms with Gasteiger partial charge in [0, 0.05) is 24.6 Å². The number of carbonyl (C=O) groups excluding carboxylic acids is 2. The molecule has 1 atom stereocenters. The fourth-order valence-electron chi connectivity index (χ4n) is 4.04. The summed E-state index contributed by atoms with van der Waals surface area (Å²) in [5, 5.41) is 7.61. The van der Waals surface area contributed by atoms with E-state index in [1.165, 1.54) is 0 Å². The molecular weight excluding hydrogens is 452 g/mol. The second kappa shape index (κ2) is 10.3. The molecule has 2 heterocycles. The summed E-state index contributed by atoms with van der Waals surface area (Å²) in [5.74, 6) is 2.22. The molecule has 2 aromatic rings. The van der Waals surface area contributed by atoms with E-state index in [-0.39, 0.29) is 34.8 Å². The minimum atomic E-state index is -0.264. The lowest BCUT2D eigenvalue weighted by atomic mass is 9.87. The Bertz CT molecular complexity index is 1060. The Morgan fingerprint density at radius 1 is 1.24 bits per heavy atom. The van der Waals surface area contributed by atoms with Gasteiger partial charge in [0.2, 0.25) is 11.8 Å². The summed E-state index contributed by atoms with van der Waals surface area (Å²) in [6.07, 6.45) is 0. The molecule has 3 rings (SSSR count). The number of thioether (sulfide) groups is 1. The quantitative estimate of drug-likeness (QED) is 0.640. The molecule has 0 saturated carbocycles. The van der Waals surface area contributed by atoms with Crippen LogP contribution >= 0.6 is 11.8 Å². The summed E-state index contributed by atoms with van der Waals surface area (Å²) in [6.45, 7) is 10.9. The number of hydrogen-bond acceptors (Lipinski definition) is 6. The molecule has 1 unspecified atom stereocenters. The van der Waals surface area contributed by atoms with E-state index in [9.17, 15) is 9.59 Å². The van der Waals surface area contributed by atoms with Crippen molar-refractivity contribution in [3.05, 3.63) is 35.0 Å². The smallest absolute Gasteiger partial charge is 0.240 e. The first-order valence-corrected chi connectivity index (χ1v) is 12.5. The van der Waals surface area contributed by atoms with Gasteiger partial charge in [0.05, 0.1) is 30.9 Å². The number of aromatic nitrogens is 2.